The molecule has 9 nitrogen and oxygen atoms in total. The molecule has 0 saturated carbocycles. The summed E-state index contributed by atoms with van der Waals surface area (Å²) in [6.45, 7) is 3.64. The maximum Gasteiger partial charge on any atom is 0.220 e. The highest BCUT2D eigenvalue weighted by Crippen LogP contribution is 2.23. The molecule has 9 heteroatoms. The molecule has 1 amide bonds. The van der Waals surface area contributed by atoms with Crippen LogP contribution in [0.25, 0.3) is 0 Å². The van der Waals surface area contributed by atoms with Gasteiger partial charge in [0.05, 0.1) is 25.4 Å². The van der Waals surface area contributed by atoms with Crippen LogP contribution in [0.2, 0.25) is 0 Å². The zero-order valence-electron chi connectivity index (χ0n) is 44.0. The van der Waals surface area contributed by atoms with Crippen molar-refractivity contribution in [1.82, 2.24) is 5.32 Å². The van der Waals surface area contributed by atoms with E-state index in [0.29, 0.717) is 6.42 Å². The molecule has 1 aliphatic rings. The van der Waals surface area contributed by atoms with E-state index >= 15 is 0 Å². The molecule has 0 aliphatic carbocycles. The van der Waals surface area contributed by atoms with Crippen LogP contribution < -0.4 is 5.32 Å². The lowest BCUT2D eigenvalue weighted by Gasteiger charge is -2.40. The molecule has 1 fully saturated rings. The summed E-state index contributed by atoms with van der Waals surface area (Å²) in [5.74, 6) is -0.189. The SMILES string of the molecule is CC/C=C\C/C=C\C/C=C\C/C=C\C/C=C\CCCCCCCCCCCCCCCCCC(=O)NC(COC1OC(CO)C(O)C(O)C1O)C(O)/C=C/CC/C=C/CCCCCCCCCCC. The van der Waals surface area contributed by atoms with Gasteiger partial charge in [-0.15, -0.1) is 0 Å². The molecule has 1 aliphatic heterocycles. The van der Waals surface area contributed by atoms with Crippen LogP contribution in [0, 0.1) is 0 Å². The van der Waals surface area contributed by atoms with E-state index < -0.39 is 49.5 Å². The maximum absolute atomic E-state index is 13.0. The van der Waals surface area contributed by atoms with Crippen LogP contribution in [0.1, 0.15) is 232 Å². The van der Waals surface area contributed by atoms with Crippen LogP contribution in [0.5, 0.6) is 0 Å². The molecular formula is C60H105NO8. The van der Waals surface area contributed by atoms with E-state index in [1.54, 1.807) is 6.08 Å². The first kappa shape index (κ1) is 64.4. The van der Waals surface area contributed by atoms with Gasteiger partial charge in [-0.3, -0.25) is 4.79 Å². The lowest BCUT2D eigenvalue weighted by atomic mass is 9.99. The smallest absolute Gasteiger partial charge is 0.220 e. The van der Waals surface area contributed by atoms with Crippen molar-refractivity contribution in [2.45, 2.75) is 275 Å². The van der Waals surface area contributed by atoms with Crippen molar-refractivity contribution in [2.24, 2.45) is 0 Å². The Morgan fingerprint density at radius 2 is 0.913 bits per heavy atom. The minimum Gasteiger partial charge on any atom is -0.394 e. The van der Waals surface area contributed by atoms with Gasteiger partial charge in [0.25, 0.3) is 0 Å². The Hall–Kier alpha value is -2.63. The Morgan fingerprint density at radius 1 is 0.507 bits per heavy atom. The minimum absolute atomic E-state index is 0.189. The number of amides is 1. The number of allylic oxidation sites excluding steroid dienone is 13. The first-order chi connectivity index (χ1) is 33.8. The number of carbonyl (C=O) groups excluding carboxylic acids is 1. The second-order valence-electron chi connectivity index (χ2n) is 19.3. The third kappa shape index (κ3) is 38.7. The van der Waals surface area contributed by atoms with E-state index in [2.05, 4.69) is 92.1 Å². The zero-order valence-corrected chi connectivity index (χ0v) is 44.0. The summed E-state index contributed by atoms with van der Waals surface area (Å²) in [5, 5.41) is 54.4. The summed E-state index contributed by atoms with van der Waals surface area (Å²) in [6.07, 6.45) is 62.2. The fraction of sp³-hybridized carbons (Fsp3) is 0.750. The Bertz CT molecular complexity index is 1350. The fourth-order valence-electron chi connectivity index (χ4n) is 8.49. The van der Waals surface area contributed by atoms with Gasteiger partial charge >= 0.3 is 0 Å². The van der Waals surface area contributed by atoms with Gasteiger partial charge in [-0.1, -0.05) is 234 Å². The number of aliphatic hydroxyl groups excluding tert-OH is 5. The van der Waals surface area contributed by atoms with Crippen molar-refractivity contribution in [2.75, 3.05) is 13.2 Å². The Labute approximate surface area is 422 Å². The molecule has 7 unspecified atom stereocenters. The largest absolute Gasteiger partial charge is 0.394 e. The molecule has 7 atom stereocenters. The molecule has 1 heterocycles. The summed E-state index contributed by atoms with van der Waals surface area (Å²) in [4.78, 5) is 13.0. The van der Waals surface area contributed by atoms with Gasteiger partial charge in [0.1, 0.15) is 24.4 Å². The number of hydrogen-bond acceptors (Lipinski definition) is 8. The van der Waals surface area contributed by atoms with Crippen LogP contribution in [-0.2, 0) is 14.3 Å². The van der Waals surface area contributed by atoms with Gasteiger partial charge < -0.3 is 40.3 Å². The lowest BCUT2D eigenvalue weighted by Crippen LogP contribution is -2.60. The first-order valence-electron chi connectivity index (χ1n) is 28.3. The summed E-state index contributed by atoms with van der Waals surface area (Å²) in [5.41, 5.74) is 0. The summed E-state index contributed by atoms with van der Waals surface area (Å²) in [6, 6.07) is -0.825. The van der Waals surface area contributed by atoms with Crippen molar-refractivity contribution < 1.29 is 39.8 Å². The third-order valence-electron chi connectivity index (χ3n) is 13.0. The van der Waals surface area contributed by atoms with Gasteiger partial charge in [0, 0.05) is 6.42 Å². The molecule has 6 N–H and O–H groups in total. The van der Waals surface area contributed by atoms with Crippen LogP contribution in [0.3, 0.4) is 0 Å². The maximum atomic E-state index is 13.0. The van der Waals surface area contributed by atoms with Crippen molar-refractivity contribution >= 4 is 5.91 Å². The summed E-state index contributed by atoms with van der Waals surface area (Å²) in [7, 11) is 0. The average molecular weight is 968 g/mol. The number of rotatable bonds is 47. The highest BCUT2D eigenvalue weighted by molar-refractivity contribution is 5.76. The number of unbranched alkanes of at least 4 members (excludes halogenated alkanes) is 25. The summed E-state index contributed by atoms with van der Waals surface area (Å²) >= 11 is 0. The Kier molecular flexibility index (Phi) is 45.7. The van der Waals surface area contributed by atoms with Gasteiger partial charge in [-0.25, -0.2) is 0 Å². The van der Waals surface area contributed by atoms with E-state index in [9.17, 15) is 30.3 Å². The van der Waals surface area contributed by atoms with E-state index in [1.165, 1.54) is 141 Å². The highest BCUT2D eigenvalue weighted by Gasteiger charge is 2.44. The van der Waals surface area contributed by atoms with Crippen molar-refractivity contribution in [3.05, 3.63) is 85.1 Å². The monoisotopic (exact) mass is 968 g/mol. The second kappa shape index (κ2) is 49.0. The number of ether oxygens (including phenoxy) is 2. The zero-order chi connectivity index (χ0) is 50.1. The van der Waals surface area contributed by atoms with Gasteiger partial charge in [0.2, 0.25) is 5.91 Å². The molecular weight excluding hydrogens is 863 g/mol. The van der Waals surface area contributed by atoms with Crippen LogP contribution in [0.4, 0.5) is 0 Å². The summed E-state index contributed by atoms with van der Waals surface area (Å²) < 4.78 is 11.2. The lowest BCUT2D eigenvalue weighted by molar-refractivity contribution is -0.302. The van der Waals surface area contributed by atoms with Crippen molar-refractivity contribution in [3.63, 3.8) is 0 Å². The van der Waals surface area contributed by atoms with E-state index in [0.717, 1.165) is 70.6 Å². The molecule has 1 saturated heterocycles. The van der Waals surface area contributed by atoms with Crippen molar-refractivity contribution in [3.8, 4) is 0 Å². The normalized spacial score (nSPS) is 20.1. The number of hydrogen-bond donors (Lipinski definition) is 6. The predicted molar refractivity (Wildman–Crippen MR) is 290 cm³/mol. The number of nitrogens with one attached hydrogen (secondary N) is 1. The topological polar surface area (TPSA) is 149 Å². The van der Waals surface area contributed by atoms with E-state index in [-0.39, 0.29) is 12.5 Å². The van der Waals surface area contributed by atoms with E-state index in [4.69, 9.17) is 9.47 Å². The molecule has 0 aromatic carbocycles. The molecule has 398 valence electrons. The van der Waals surface area contributed by atoms with Crippen LogP contribution in [0.15, 0.2) is 85.1 Å². The molecule has 0 aromatic rings. The number of carbonyl (C=O) groups is 1. The Morgan fingerprint density at radius 3 is 1.39 bits per heavy atom. The molecule has 0 aromatic heterocycles. The average Bonchev–Trinajstić information content (AvgIpc) is 3.35. The van der Waals surface area contributed by atoms with Gasteiger partial charge in [0.15, 0.2) is 6.29 Å². The quantitative estimate of drug-likeness (QED) is 0.0261. The highest BCUT2D eigenvalue weighted by atomic mass is 16.7. The molecule has 0 bridgehead atoms. The minimum atomic E-state index is -1.57. The standard InChI is InChI=1S/C60H105NO8/c1-3-5-7-9-11-13-15-17-19-20-21-22-23-24-25-26-27-28-29-30-31-32-33-34-36-38-40-42-44-46-48-50-56(64)61-53(52-68-60-59(67)58(66)57(65)55(51-62)69-60)54(63)49-47-45-43-41-39-37-35-18-16-14-12-10-8-6-4-2/h5,7,11,13,17,19,21-22,24-25,39,41,47,49,53-55,57-60,62-63,65-67H,3-4,6,8-10,12,14-16,18,20,23,26-38,40,42-46,48,50-52H2,1-2H3,(H,61,64)/b7-5-,13-11-,19-17-,22-21-,25-24-,41-39+,49-47+. The Balaban J connectivity index is 2.19. The molecule has 1 rings (SSSR count). The van der Waals surface area contributed by atoms with Gasteiger partial charge in [-0.2, -0.15) is 0 Å². The van der Waals surface area contributed by atoms with Crippen LogP contribution >= 0.6 is 0 Å². The van der Waals surface area contributed by atoms with Crippen LogP contribution in [-0.4, -0.2) is 87.5 Å². The first-order valence-corrected chi connectivity index (χ1v) is 28.3. The second-order valence-corrected chi connectivity index (χ2v) is 19.3. The van der Waals surface area contributed by atoms with Gasteiger partial charge in [-0.05, 0) is 77.0 Å². The van der Waals surface area contributed by atoms with E-state index in [1.807, 2.05) is 6.08 Å². The van der Waals surface area contributed by atoms with Crippen molar-refractivity contribution in [1.29, 1.82) is 0 Å². The number of aliphatic hydroxyl groups is 5. The third-order valence-corrected chi connectivity index (χ3v) is 13.0. The molecule has 0 radical (unpaired) electrons. The predicted octanol–water partition coefficient (Wildman–Crippen LogP) is 13.8. The fourth-order valence-corrected chi connectivity index (χ4v) is 8.49. The molecule has 0 spiro atoms. The molecule has 69 heavy (non-hydrogen) atoms.